The second kappa shape index (κ2) is 4.23. The predicted molar refractivity (Wildman–Crippen MR) is 52.6 cm³/mol. The second-order valence-electron chi connectivity index (χ2n) is 3.46. The molecule has 0 spiro atoms. The summed E-state index contributed by atoms with van der Waals surface area (Å²) in [5, 5.41) is 0. The zero-order chi connectivity index (χ0) is 9.73. The number of nitrogens with zero attached hydrogens (tertiary/aromatic N) is 1. The Morgan fingerprint density at radius 2 is 2.31 bits per heavy atom. The fourth-order valence-electron chi connectivity index (χ4n) is 0.773. The van der Waals surface area contributed by atoms with Gasteiger partial charge in [0.1, 0.15) is 6.61 Å². The number of rotatable bonds is 4. The first-order valence-corrected chi connectivity index (χ1v) is 4.47. The zero-order valence-electron chi connectivity index (χ0n) is 8.16. The highest BCUT2D eigenvalue weighted by molar-refractivity contribution is 5.09. The fourth-order valence-corrected chi connectivity index (χ4v) is 0.773. The molecule has 0 saturated carbocycles. The molecule has 1 unspecified atom stereocenters. The van der Waals surface area contributed by atoms with Gasteiger partial charge in [-0.2, -0.15) is 0 Å². The van der Waals surface area contributed by atoms with Gasteiger partial charge in [0.25, 0.3) is 0 Å². The molecule has 0 fully saturated rings. The molecule has 0 aliphatic carbocycles. The molecule has 3 nitrogen and oxygen atoms in total. The Labute approximate surface area is 78.9 Å². The molecule has 3 heteroatoms. The highest BCUT2D eigenvalue weighted by Crippen LogP contribution is 2.09. The topological polar surface area (TPSA) is 48.1 Å². The van der Waals surface area contributed by atoms with Crippen LogP contribution in [0, 0.1) is 0 Å². The smallest absolute Gasteiger partial charge is 0.213 e. The third kappa shape index (κ3) is 3.42. The van der Waals surface area contributed by atoms with Crippen LogP contribution >= 0.6 is 0 Å². The third-order valence-electron chi connectivity index (χ3n) is 2.00. The van der Waals surface area contributed by atoms with Gasteiger partial charge in [-0.15, -0.1) is 0 Å². The van der Waals surface area contributed by atoms with Gasteiger partial charge >= 0.3 is 0 Å². The van der Waals surface area contributed by atoms with Crippen molar-refractivity contribution in [2.24, 2.45) is 5.73 Å². The van der Waals surface area contributed by atoms with E-state index in [2.05, 4.69) is 4.98 Å². The van der Waals surface area contributed by atoms with Crippen LogP contribution in [0.3, 0.4) is 0 Å². The predicted octanol–water partition coefficient (Wildman–Crippen LogP) is 1.59. The number of ether oxygens (including phenoxy) is 1. The van der Waals surface area contributed by atoms with Crippen LogP contribution in [-0.2, 0) is 0 Å². The minimum Gasteiger partial charge on any atom is -0.476 e. The van der Waals surface area contributed by atoms with Crippen molar-refractivity contribution in [3.8, 4) is 5.88 Å². The van der Waals surface area contributed by atoms with Crippen molar-refractivity contribution in [1.82, 2.24) is 4.98 Å². The van der Waals surface area contributed by atoms with Crippen molar-refractivity contribution in [3.05, 3.63) is 24.4 Å². The molecule has 0 aromatic carbocycles. The summed E-state index contributed by atoms with van der Waals surface area (Å²) in [6.45, 7) is 4.51. The van der Waals surface area contributed by atoms with Crippen molar-refractivity contribution in [3.63, 3.8) is 0 Å². The molecule has 0 amide bonds. The van der Waals surface area contributed by atoms with Gasteiger partial charge in [0.15, 0.2) is 0 Å². The highest BCUT2D eigenvalue weighted by atomic mass is 16.5. The van der Waals surface area contributed by atoms with E-state index < -0.39 is 0 Å². The molecular formula is C10H16N2O. The Hall–Kier alpha value is -1.09. The van der Waals surface area contributed by atoms with Crippen LogP contribution < -0.4 is 10.5 Å². The van der Waals surface area contributed by atoms with Crippen LogP contribution in [0.25, 0.3) is 0 Å². The van der Waals surface area contributed by atoms with Crippen LogP contribution in [0.4, 0.5) is 0 Å². The van der Waals surface area contributed by atoms with E-state index in [-0.39, 0.29) is 5.54 Å². The summed E-state index contributed by atoms with van der Waals surface area (Å²) in [5.74, 6) is 0.632. The van der Waals surface area contributed by atoms with Gasteiger partial charge < -0.3 is 10.5 Å². The molecule has 2 N–H and O–H groups in total. The Kier molecular flexibility index (Phi) is 3.25. The summed E-state index contributed by atoms with van der Waals surface area (Å²) >= 11 is 0. The summed E-state index contributed by atoms with van der Waals surface area (Å²) in [7, 11) is 0. The average Bonchev–Trinajstić information content (AvgIpc) is 2.17. The summed E-state index contributed by atoms with van der Waals surface area (Å²) in [6.07, 6.45) is 2.59. The number of aromatic nitrogens is 1. The molecule has 0 saturated heterocycles. The molecule has 0 radical (unpaired) electrons. The van der Waals surface area contributed by atoms with Gasteiger partial charge in [-0.3, -0.25) is 0 Å². The molecule has 0 bridgehead atoms. The van der Waals surface area contributed by atoms with Crippen molar-refractivity contribution in [2.75, 3.05) is 6.61 Å². The fraction of sp³-hybridized carbons (Fsp3) is 0.500. The number of hydrogen-bond donors (Lipinski definition) is 1. The summed E-state index contributed by atoms with van der Waals surface area (Å²) in [4.78, 5) is 4.04. The van der Waals surface area contributed by atoms with E-state index in [4.69, 9.17) is 10.5 Å². The third-order valence-corrected chi connectivity index (χ3v) is 2.00. The quantitative estimate of drug-likeness (QED) is 0.765. The molecule has 0 aliphatic heterocycles. The Bertz CT molecular complexity index is 246. The first-order valence-electron chi connectivity index (χ1n) is 4.47. The minimum absolute atomic E-state index is 0.266. The largest absolute Gasteiger partial charge is 0.476 e. The van der Waals surface area contributed by atoms with Gasteiger partial charge in [-0.25, -0.2) is 4.98 Å². The number of nitrogens with two attached hydrogens (primary N) is 1. The molecule has 72 valence electrons. The Morgan fingerprint density at radius 1 is 1.54 bits per heavy atom. The van der Waals surface area contributed by atoms with Crippen molar-refractivity contribution < 1.29 is 4.74 Å². The van der Waals surface area contributed by atoms with E-state index in [0.29, 0.717) is 12.5 Å². The van der Waals surface area contributed by atoms with E-state index in [1.165, 1.54) is 0 Å². The van der Waals surface area contributed by atoms with Gasteiger partial charge in [0.2, 0.25) is 5.88 Å². The lowest BCUT2D eigenvalue weighted by molar-refractivity contribution is 0.218. The average molecular weight is 180 g/mol. The molecular weight excluding hydrogens is 164 g/mol. The van der Waals surface area contributed by atoms with Gasteiger partial charge in [0, 0.05) is 17.8 Å². The number of hydrogen-bond acceptors (Lipinski definition) is 3. The van der Waals surface area contributed by atoms with Crippen molar-refractivity contribution in [2.45, 2.75) is 25.8 Å². The van der Waals surface area contributed by atoms with Gasteiger partial charge in [-0.1, -0.05) is 13.0 Å². The van der Waals surface area contributed by atoms with Crippen LogP contribution in [0.15, 0.2) is 24.4 Å². The minimum atomic E-state index is -0.266. The summed E-state index contributed by atoms with van der Waals surface area (Å²) < 4.78 is 5.43. The van der Waals surface area contributed by atoms with Crippen LogP contribution in [0.5, 0.6) is 5.88 Å². The van der Waals surface area contributed by atoms with Crippen molar-refractivity contribution >= 4 is 0 Å². The molecule has 1 aromatic rings. The van der Waals surface area contributed by atoms with E-state index in [9.17, 15) is 0 Å². The SMILES string of the molecule is CCC(C)(N)COc1ccccn1. The zero-order valence-corrected chi connectivity index (χ0v) is 8.16. The van der Waals surface area contributed by atoms with E-state index >= 15 is 0 Å². The van der Waals surface area contributed by atoms with E-state index in [1.807, 2.05) is 32.0 Å². The molecule has 1 atom stereocenters. The summed E-state index contributed by atoms with van der Waals surface area (Å²) in [6, 6.07) is 5.57. The number of pyridine rings is 1. The second-order valence-corrected chi connectivity index (χ2v) is 3.46. The standard InChI is InChI=1S/C10H16N2O/c1-3-10(2,11)8-13-9-6-4-5-7-12-9/h4-7H,3,8,11H2,1-2H3. The lowest BCUT2D eigenvalue weighted by atomic mass is 10.0. The first kappa shape index (κ1) is 9.99. The maximum absolute atomic E-state index is 5.91. The van der Waals surface area contributed by atoms with Crippen LogP contribution in [0.2, 0.25) is 0 Å². The van der Waals surface area contributed by atoms with E-state index in [0.717, 1.165) is 6.42 Å². The lowest BCUT2D eigenvalue weighted by Gasteiger charge is -2.22. The molecule has 1 rings (SSSR count). The Morgan fingerprint density at radius 3 is 2.85 bits per heavy atom. The first-order chi connectivity index (χ1) is 6.14. The van der Waals surface area contributed by atoms with Crippen molar-refractivity contribution in [1.29, 1.82) is 0 Å². The van der Waals surface area contributed by atoms with E-state index in [1.54, 1.807) is 6.20 Å². The van der Waals surface area contributed by atoms with Crippen LogP contribution in [-0.4, -0.2) is 17.1 Å². The van der Waals surface area contributed by atoms with Gasteiger partial charge in [-0.05, 0) is 19.4 Å². The highest BCUT2D eigenvalue weighted by Gasteiger charge is 2.16. The molecule has 0 aliphatic rings. The van der Waals surface area contributed by atoms with Gasteiger partial charge in [0.05, 0.1) is 0 Å². The molecule has 1 aromatic heterocycles. The summed E-state index contributed by atoms with van der Waals surface area (Å²) in [5.41, 5.74) is 5.64. The maximum atomic E-state index is 5.91. The molecule has 13 heavy (non-hydrogen) atoms. The monoisotopic (exact) mass is 180 g/mol. The Balaban J connectivity index is 2.44. The normalized spacial score (nSPS) is 15.0. The maximum Gasteiger partial charge on any atom is 0.213 e. The lowest BCUT2D eigenvalue weighted by Crippen LogP contribution is -2.41. The van der Waals surface area contributed by atoms with Crippen LogP contribution in [0.1, 0.15) is 20.3 Å². The molecule has 1 heterocycles.